The lowest BCUT2D eigenvalue weighted by atomic mass is 9.98. The quantitative estimate of drug-likeness (QED) is 0.617. The number of hydrogen-bond donors (Lipinski definition) is 1. The molecule has 0 saturated carbocycles. The summed E-state index contributed by atoms with van der Waals surface area (Å²) in [6.07, 6.45) is 6.60. The summed E-state index contributed by atoms with van der Waals surface area (Å²) >= 11 is 0. The zero-order chi connectivity index (χ0) is 19.5. The maximum Gasteiger partial charge on any atom is 0.336 e. The second-order valence-electron chi connectivity index (χ2n) is 6.65. The zero-order valence-corrected chi connectivity index (χ0v) is 17.1. The third kappa shape index (κ3) is 3.91. The van der Waals surface area contributed by atoms with Gasteiger partial charge in [-0.05, 0) is 54.3 Å². The van der Waals surface area contributed by atoms with Crippen molar-refractivity contribution in [3.8, 4) is 11.3 Å². The molecule has 0 amide bonds. The Hall–Kier alpha value is -2.33. The number of carbonyl (C=O) groups is 1. The largest absolute Gasteiger partial charge is 0.478 e. The van der Waals surface area contributed by atoms with Gasteiger partial charge >= 0.3 is 5.97 Å². The SMILES string of the molecule is CC.Cc1c(-c2ccccc2)nc2ccc(S(C)(C)C)cc2c1C(=O)O. The van der Waals surface area contributed by atoms with Crippen molar-refractivity contribution < 1.29 is 9.90 Å². The lowest BCUT2D eigenvalue weighted by molar-refractivity contribution is 0.0698. The standard InChI is InChI=1S/C20H21NO2S.C2H6/c1-13-18(20(22)23)16-12-15(24(2,3)4)10-11-17(16)21-19(13)14-8-6-5-7-9-14;1-2/h5-12H,1-4H3,(H,22,23);1-2H3. The zero-order valence-electron chi connectivity index (χ0n) is 16.3. The van der Waals surface area contributed by atoms with Gasteiger partial charge in [0, 0.05) is 10.9 Å². The van der Waals surface area contributed by atoms with Crippen molar-refractivity contribution in [1.29, 1.82) is 0 Å². The molecule has 0 saturated heterocycles. The first-order chi connectivity index (χ1) is 12.3. The molecule has 138 valence electrons. The highest BCUT2D eigenvalue weighted by Gasteiger charge is 2.19. The van der Waals surface area contributed by atoms with Crippen molar-refractivity contribution >= 4 is 26.9 Å². The third-order valence-electron chi connectivity index (χ3n) is 4.17. The van der Waals surface area contributed by atoms with Gasteiger partial charge in [-0.2, -0.15) is 0 Å². The minimum atomic E-state index is -0.933. The predicted octanol–water partition coefficient (Wildman–Crippen LogP) is 5.99. The summed E-state index contributed by atoms with van der Waals surface area (Å²) in [5.41, 5.74) is 3.46. The van der Waals surface area contributed by atoms with E-state index >= 15 is 0 Å². The average Bonchev–Trinajstić information content (AvgIpc) is 2.62. The van der Waals surface area contributed by atoms with Crippen molar-refractivity contribution in [3.05, 3.63) is 59.7 Å². The Bertz CT molecular complexity index is 928. The van der Waals surface area contributed by atoms with Crippen LogP contribution < -0.4 is 0 Å². The average molecular weight is 370 g/mol. The van der Waals surface area contributed by atoms with Gasteiger partial charge in [-0.25, -0.2) is 19.8 Å². The van der Waals surface area contributed by atoms with Gasteiger partial charge in [0.15, 0.2) is 0 Å². The maximum atomic E-state index is 12.0. The molecule has 0 spiro atoms. The number of nitrogens with zero attached hydrogens (tertiary/aromatic N) is 1. The number of hydrogen-bond acceptors (Lipinski definition) is 2. The maximum absolute atomic E-state index is 12.0. The van der Waals surface area contributed by atoms with Crippen molar-refractivity contribution in [2.45, 2.75) is 25.7 Å². The van der Waals surface area contributed by atoms with Gasteiger partial charge in [0.25, 0.3) is 0 Å². The second kappa shape index (κ2) is 7.92. The number of aromatic carboxylic acids is 1. The summed E-state index contributed by atoms with van der Waals surface area (Å²) in [5.74, 6) is -0.904. The van der Waals surface area contributed by atoms with E-state index in [9.17, 15) is 9.90 Å². The molecule has 0 radical (unpaired) electrons. The van der Waals surface area contributed by atoms with Crippen LogP contribution in [0.2, 0.25) is 0 Å². The molecule has 1 aromatic heterocycles. The van der Waals surface area contributed by atoms with Crippen LogP contribution in [0.1, 0.15) is 29.8 Å². The Morgan fingerprint density at radius 2 is 1.62 bits per heavy atom. The molecule has 3 nitrogen and oxygen atoms in total. The van der Waals surface area contributed by atoms with Crippen molar-refractivity contribution in [2.24, 2.45) is 0 Å². The summed E-state index contributed by atoms with van der Waals surface area (Å²) in [6.45, 7) is 5.84. The van der Waals surface area contributed by atoms with Gasteiger partial charge in [-0.1, -0.05) is 44.2 Å². The molecule has 1 N–H and O–H groups in total. The Morgan fingerprint density at radius 1 is 1.00 bits per heavy atom. The Morgan fingerprint density at radius 3 is 2.15 bits per heavy atom. The third-order valence-corrected chi connectivity index (χ3v) is 5.84. The van der Waals surface area contributed by atoms with Crippen molar-refractivity contribution in [2.75, 3.05) is 18.8 Å². The highest BCUT2D eigenvalue weighted by molar-refractivity contribution is 8.32. The number of aromatic nitrogens is 1. The highest BCUT2D eigenvalue weighted by Crippen LogP contribution is 2.46. The number of carboxylic acids is 1. The van der Waals surface area contributed by atoms with Gasteiger partial charge < -0.3 is 5.11 Å². The van der Waals surface area contributed by atoms with E-state index in [1.54, 1.807) is 0 Å². The number of benzene rings is 2. The van der Waals surface area contributed by atoms with E-state index in [1.165, 1.54) is 4.90 Å². The molecule has 2 aromatic carbocycles. The molecule has 3 rings (SSSR count). The minimum absolute atomic E-state index is 0.351. The van der Waals surface area contributed by atoms with E-state index in [4.69, 9.17) is 4.98 Å². The number of rotatable bonds is 3. The Balaban J connectivity index is 0.00000117. The summed E-state index contributed by atoms with van der Waals surface area (Å²) in [4.78, 5) is 17.9. The monoisotopic (exact) mass is 369 g/mol. The molecule has 0 aliphatic heterocycles. The van der Waals surface area contributed by atoms with Crippen LogP contribution in [0.25, 0.3) is 22.2 Å². The van der Waals surface area contributed by atoms with Crippen LogP contribution in [0.3, 0.4) is 0 Å². The fraction of sp³-hybridized carbons (Fsp3) is 0.273. The van der Waals surface area contributed by atoms with E-state index < -0.39 is 16.0 Å². The molecule has 0 atom stereocenters. The normalized spacial score (nSPS) is 11.6. The second-order valence-corrected chi connectivity index (χ2v) is 10.8. The summed E-state index contributed by atoms with van der Waals surface area (Å²) < 4.78 is 0. The van der Waals surface area contributed by atoms with Crippen LogP contribution in [0.5, 0.6) is 0 Å². The smallest absolute Gasteiger partial charge is 0.336 e. The minimum Gasteiger partial charge on any atom is -0.478 e. The van der Waals surface area contributed by atoms with Crippen LogP contribution in [-0.2, 0) is 0 Å². The van der Waals surface area contributed by atoms with E-state index in [0.717, 1.165) is 22.2 Å². The summed E-state index contributed by atoms with van der Waals surface area (Å²) in [6, 6.07) is 15.8. The van der Waals surface area contributed by atoms with Gasteiger partial charge in [-0.3, -0.25) is 0 Å². The van der Waals surface area contributed by atoms with E-state index in [0.29, 0.717) is 11.1 Å². The first kappa shape index (κ1) is 20.0. The topological polar surface area (TPSA) is 50.2 Å². The molecule has 1 heterocycles. The number of fused-ring (bicyclic) bond motifs is 1. The molecular weight excluding hydrogens is 342 g/mol. The summed E-state index contributed by atoms with van der Waals surface area (Å²) in [5, 5.41) is 10.5. The van der Waals surface area contributed by atoms with Crippen LogP contribution in [-0.4, -0.2) is 34.8 Å². The molecule has 26 heavy (non-hydrogen) atoms. The fourth-order valence-corrected chi connectivity index (χ4v) is 3.82. The molecule has 4 heteroatoms. The molecule has 3 aromatic rings. The Labute approximate surface area is 157 Å². The van der Waals surface area contributed by atoms with Crippen molar-refractivity contribution in [1.82, 2.24) is 4.98 Å². The molecule has 0 unspecified atom stereocenters. The lowest BCUT2D eigenvalue weighted by Crippen LogP contribution is -2.05. The van der Waals surface area contributed by atoms with Crippen LogP contribution in [0.4, 0.5) is 0 Å². The fourth-order valence-electron chi connectivity index (χ4n) is 2.87. The molecule has 0 bridgehead atoms. The van der Waals surface area contributed by atoms with E-state index in [1.807, 2.05) is 63.2 Å². The molecular formula is C22H27NO2S. The first-order valence-corrected chi connectivity index (χ1v) is 11.6. The molecule has 0 aliphatic carbocycles. The predicted molar refractivity (Wildman–Crippen MR) is 114 cm³/mol. The number of carboxylic acid groups (broad SMARTS) is 1. The van der Waals surface area contributed by atoms with Crippen LogP contribution >= 0.6 is 10.0 Å². The van der Waals surface area contributed by atoms with Crippen LogP contribution in [0.15, 0.2) is 53.4 Å². The van der Waals surface area contributed by atoms with E-state index in [-0.39, 0.29) is 0 Å². The van der Waals surface area contributed by atoms with E-state index in [2.05, 4.69) is 24.8 Å². The van der Waals surface area contributed by atoms with Gasteiger partial charge in [0.05, 0.1) is 16.8 Å². The van der Waals surface area contributed by atoms with Crippen molar-refractivity contribution in [3.63, 3.8) is 0 Å². The van der Waals surface area contributed by atoms with Crippen LogP contribution in [0, 0.1) is 6.92 Å². The molecule has 0 fully saturated rings. The first-order valence-electron chi connectivity index (χ1n) is 8.70. The lowest BCUT2D eigenvalue weighted by Gasteiger charge is -2.26. The van der Waals surface area contributed by atoms with Gasteiger partial charge in [0.1, 0.15) is 0 Å². The summed E-state index contributed by atoms with van der Waals surface area (Å²) in [7, 11) is -0.933. The molecule has 0 aliphatic rings. The Kier molecular flexibility index (Phi) is 6.09. The van der Waals surface area contributed by atoms with Gasteiger partial charge in [-0.15, -0.1) is 0 Å². The highest BCUT2D eigenvalue weighted by atomic mass is 32.3. The van der Waals surface area contributed by atoms with Gasteiger partial charge in [0.2, 0.25) is 0 Å². The number of pyridine rings is 1.